The Morgan fingerprint density at radius 2 is 1.91 bits per heavy atom. The summed E-state index contributed by atoms with van der Waals surface area (Å²) in [6, 6.07) is 9.20. The quantitative estimate of drug-likeness (QED) is 0.781. The molecule has 0 fully saturated rings. The van der Waals surface area contributed by atoms with Gasteiger partial charge in [0.15, 0.2) is 0 Å². The van der Waals surface area contributed by atoms with E-state index in [9.17, 15) is 18.0 Å². The zero-order valence-corrected chi connectivity index (χ0v) is 11.9. The van der Waals surface area contributed by atoms with E-state index in [1.165, 1.54) is 0 Å². The first-order valence-corrected chi connectivity index (χ1v) is 6.72. The minimum Gasteiger partial charge on any atom is -0.392 e. The number of nitrogens with two attached hydrogens (primary N) is 1. The van der Waals surface area contributed by atoms with Gasteiger partial charge in [-0.25, -0.2) is 4.98 Å². The second-order valence-electron chi connectivity index (χ2n) is 4.73. The van der Waals surface area contributed by atoms with E-state index in [0.29, 0.717) is 5.56 Å². The van der Waals surface area contributed by atoms with Gasteiger partial charge < -0.3 is 10.8 Å². The molecule has 0 aliphatic rings. The van der Waals surface area contributed by atoms with Crippen molar-refractivity contribution < 1.29 is 28.1 Å². The fraction of sp³-hybridized carbons (Fsp3) is 0.200. The monoisotopic (exact) mass is 326 g/mol. The van der Waals surface area contributed by atoms with Gasteiger partial charge in [-0.1, -0.05) is 30.3 Å². The van der Waals surface area contributed by atoms with Crippen LogP contribution in [0.25, 0.3) is 11.3 Å². The molecule has 1 heterocycles. The summed E-state index contributed by atoms with van der Waals surface area (Å²) in [6.45, 7) is -0.352. The van der Waals surface area contributed by atoms with Crippen LogP contribution in [0.5, 0.6) is 0 Å². The van der Waals surface area contributed by atoms with Gasteiger partial charge in [0.25, 0.3) is 11.7 Å². The fourth-order valence-corrected chi connectivity index (χ4v) is 2.15. The molecule has 0 radical (unpaired) electrons. The molecule has 1 aromatic carbocycles. The predicted octanol–water partition coefficient (Wildman–Crippen LogP) is 1.69. The van der Waals surface area contributed by atoms with Crippen molar-refractivity contribution in [2.45, 2.75) is 6.18 Å². The van der Waals surface area contributed by atoms with Crippen LogP contribution < -0.4 is 16.0 Å². The molecule has 2 rings (SSSR count). The molecule has 0 saturated carbocycles. The van der Waals surface area contributed by atoms with E-state index >= 15 is 0 Å². The number of aliphatic hydroxyl groups excluding tert-OH is 1. The van der Waals surface area contributed by atoms with Crippen LogP contribution in [-0.2, 0) is 6.18 Å². The number of H-pyrrole nitrogens is 1. The molecular formula is C15H15F3N3O2+. The molecule has 0 aliphatic carbocycles. The van der Waals surface area contributed by atoms with Gasteiger partial charge in [-0.3, -0.25) is 10.1 Å². The molecule has 8 heteroatoms. The smallest absolute Gasteiger partial charge is 0.392 e. The van der Waals surface area contributed by atoms with Crippen LogP contribution in [0.2, 0.25) is 0 Å². The largest absolute Gasteiger partial charge is 0.417 e. The highest BCUT2D eigenvalue weighted by atomic mass is 19.4. The Labute approximate surface area is 130 Å². The first kappa shape index (κ1) is 16.8. The summed E-state index contributed by atoms with van der Waals surface area (Å²) in [5, 5.41) is 11.4. The Kier molecular flexibility index (Phi) is 4.85. The second kappa shape index (κ2) is 6.66. The number of pyridine rings is 1. The Balaban J connectivity index is 2.69. The molecule has 1 aromatic heterocycles. The number of benzene rings is 1. The van der Waals surface area contributed by atoms with E-state index < -0.39 is 23.2 Å². The average molecular weight is 326 g/mol. The van der Waals surface area contributed by atoms with Crippen LogP contribution in [0.1, 0.15) is 15.9 Å². The molecule has 1 amide bonds. The summed E-state index contributed by atoms with van der Waals surface area (Å²) in [5.74, 6) is -1.39. The van der Waals surface area contributed by atoms with E-state index in [4.69, 9.17) is 10.8 Å². The molecule has 0 saturated heterocycles. The van der Waals surface area contributed by atoms with Crippen molar-refractivity contribution in [2.24, 2.45) is 5.73 Å². The number of aromatic nitrogens is 1. The maximum atomic E-state index is 13.3. The number of carbonyl (C=O) groups excluding carboxylic acids is 1. The maximum Gasteiger partial charge on any atom is 0.417 e. The molecular weight excluding hydrogens is 311 g/mol. The number of aromatic amines is 1. The van der Waals surface area contributed by atoms with Crippen molar-refractivity contribution in [1.82, 2.24) is 0 Å². The van der Waals surface area contributed by atoms with Gasteiger partial charge in [0.1, 0.15) is 17.8 Å². The number of halogens is 3. The minimum absolute atomic E-state index is 0.0354. The maximum absolute atomic E-state index is 13.3. The standard InChI is InChI=1S/C15H14F3N3O2/c16-15(17,18)10-8-11(9-4-2-1-3-5-9)21-14(20-6-7-22)12(10)13(19)23/h1-5,8,22H,6-7H2,(H2,19,23)(H,20,21)/p+1. The lowest BCUT2D eigenvalue weighted by Crippen LogP contribution is -2.28. The molecule has 0 unspecified atom stereocenters. The lowest BCUT2D eigenvalue weighted by molar-refractivity contribution is -0.348. The van der Waals surface area contributed by atoms with E-state index in [-0.39, 0.29) is 24.7 Å². The number of hydrogen-bond acceptors (Lipinski definition) is 3. The number of alkyl halides is 3. The first-order chi connectivity index (χ1) is 10.8. The zero-order valence-electron chi connectivity index (χ0n) is 11.9. The number of amides is 1. The predicted molar refractivity (Wildman–Crippen MR) is 77.5 cm³/mol. The van der Waals surface area contributed by atoms with E-state index in [1.54, 1.807) is 30.3 Å². The summed E-state index contributed by atoms with van der Waals surface area (Å²) in [5.41, 5.74) is 3.97. The number of primary amides is 1. The highest BCUT2D eigenvalue weighted by Crippen LogP contribution is 2.35. The van der Waals surface area contributed by atoms with Gasteiger partial charge >= 0.3 is 6.18 Å². The van der Waals surface area contributed by atoms with Crippen molar-refractivity contribution >= 4 is 11.7 Å². The molecule has 2 aromatic rings. The van der Waals surface area contributed by atoms with Crippen molar-refractivity contribution in [3.05, 3.63) is 47.5 Å². The Morgan fingerprint density at radius 1 is 1.26 bits per heavy atom. The van der Waals surface area contributed by atoms with Crippen LogP contribution in [-0.4, -0.2) is 24.2 Å². The number of hydrogen-bond donors (Lipinski definition) is 3. The minimum atomic E-state index is -4.75. The normalized spacial score (nSPS) is 11.3. The fourth-order valence-electron chi connectivity index (χ4n) is 2.15. The van der Waals surface area contributed by atoms with Crippen molar-refractivity contribution in [3.8, 4) is 11.3 Å². The molecule has 5 N–H and O–H groups in total. The third-order valence-electron chi connectivity index (χ3n) is 3.12. The summed E-state index contributed by atoms with van der Waals surface area (Å²) in [4.78, 5) is 14.2. The summed E-state index contributed by atoms with van der Waals surface area (Å²) < 4.78 is 39.9. The summed E-state index contributed by atoms with van der Waals surface area (Å²) in [7, 11) is 0. The van der Waals surface area contributed by atoms with E-state index in [1.807, 2.05) is 0 Å². The topological polar surface area (TPSA) is 89.5 Å². The van der Waals surface area contributed by atoms with Gasteiger partial charge in [-0.2, -0.15) is 13.2 Å². The molecule has 23 heavy (non-hydrogen) atoms. The number of carbonyl (C=O) groups is 1. The highest BCUT2D eigenvalue weighted by molar-refractivity contribution is 5.99. The zero-order chi connectivity index (χ0) is 17.0. The molecule has 5 nitrogen and oxygen atoms in total. The van der Waals surface area contributed by atoms with Gasteiger partial charge in [-0.15, -0.1) is 0 Å². The number of rotatable bonds is 5. The van der Waals surface area contributed by atoms with Gasteiger partial charge in [0.2, 0.25) is 0 Å². The molecule has 0 aliphatic heterocycles. The summed E-state index contributed by atoms with van der Waals surface area (Å²) in [6.07, 6.45) is -4.75. The Hall–Kier alpha value is -2.61. The van der Waals surface area contributed by atoms with Crippen molar-refractivity contribution in [1.29, 1.82) is 0 Å². The molecule has 0 spiro atoms. The second-order valence-corrected chi connectivity index (χ2v) is 4.73. The van der Waals surface area contributed by atoms with Crippen molar-refractivity contribution in [2.75, 3.05) is 18.5 Å². The number of anilines is 1. The Morgan fingerprint density at radius 3 is 2.43 bits per heavy atom. The van der Waals surface area contributed by atoms with E-state index in [0.717, 1.165) is 6.07 Å². The van der Waals surface area contributed by atoms with Crippen LogP contribution in [0.15, 0.2) is 36.4 Å². The third kappa shape index (κ3) is 3.78. The number of nitrogens with one attached hydrogen (secondary N) is 2. The van der Waals surface area contributed by atoms with Gasteiger partial charge in [0.05, 0.1) is 12.2 Å². The SMILES string of the molecule is NC(=O)c1c(C(F)(F)F)cc(-c2ccccc2)[nH+]c1NCCO. The van der Waals surface area contributed by atoms with Crippen LogP contribution >= 0.6 is 0 Å². The third-order valence-corrected chi connectivity index (χ3v) is 3.12. The lowest BCUT2D eigenvalue weighted by Gasteiger charge is -2.13. The molecule has 122 valence electrons. The Bertz CT molecular complexity index is 703. The van der Waals surface area contributed by atoms with Crippen molar-refractivity contribution in [3.63, 3.8) is 0 Å². The first-order valence-electron chi connectivity index (χ1n) is 6.72. The van der Waals surface area contributed by atoms with Gasteiger partial charge in [0, 0.05) is 5.56 Å². The van der Waals surface area contributed by atoms with Gasteiger partial charge in [-0.05, 0) is 6.07 Å². The molecule has 0 atom stereocenters. The summed E-state index contributed by atoms with van der Waals surface area (Å²) >= 11 is 0. The molecule has 0 bridgehead atoms. The average Bonchev–Trinajstić information content (AvgIpc) is 2.51. The van der Waals surface area contributed by atoms with E-state index in [2.05, 4.69) is 10.3 Å². The van der Waals surface area contributed by atoms with Crippen LogP contribution in [0, 0.1) is 0 Å². The van der Waals surface area contributed by atoms with Crippen LogP contribution in [0.4, 0.5) is 19.0 Å². The van der Waals surface area contributed by atoms with Crippen LogP contribution in [0.3, 0.4) is 0 Å². The highest BCUT2D eigenvalue weighted by Gasteiger charge is 2.39. The lowest BCUT2D eigenvalue weighted by atomic mass is 10.0. The number of aliphatic hydroxyl groups is 1.